The smallest absolute Gasteiger partial charge is 0.126 e. The molecule has 0 amide bonds. The molecule has 38 heavy (non-hydrogen) atoms. The van der Waals surface area contributed by atoms with E-state index in [1.165, 1.54) is 56.9 Å². The Kier molecular flexibility index (Phi) is 5.32. The minimum absolute atomic E-state index is 0.137. The number of aliphatic hydroxyl groups is 1. The van der Waals surface area contributed by atoms with Crippen molar-refractivity contribution >= 4 is 6.08 Å². The minimum atomic E-state index is -0.409. The first-order chi connectivity index (χ1) is 17.8. The predicted octanol–water partition coefficient (Wildman–Crippen LogP) is 8.52. The Morgan fingerprint density at radius 1 is 0.868 bits per heavy atom. The quantitative estimate of drug-likeness (QED) is 0.403. The van der Waals surface area contributed by atoms with Crippen LogP contribution in [0.4, 0.5) is 0 Å². The van der Waals surface area contributed by atoms with Crippen LogP contribution in [0.25, 0.3) is 6.08 Å². The predicted molar refractivity (Wildman–Crippen MR) is 152 cm³/mol. The van der Waals surface area contributed by atoms with E-state index in [2.05, 4.69) is 54.5 Å². The first-order valence-corrected chi connectivity index (χ1v) is 15.8. The van der Waals surface area contributed by atoms with Crippen molar-refractivity contribution in [1.29, 1.82) is 0 Å². The molecule has 4 unspecified atom stereocenters. The zero-order valence-electron chi connectivity index (χ0n) is 25.1. The normalized spacial score (nSPS) is 53.5. The van der Waals surface area contributed by atoms with Crippen molar-refractivity contribution in [3.63, 3.8) is 0 Å². The molecule has 3 nitrogen and oxygen atoms in total. The van der Waals surface area contributed by atoms with Gasteiger partial charge < -0.3 is 14.3 Å². The molecule has 210 valence electrons. The molecule has 0 aromatic carbocycles. The number of aliphatic hydroxyl groups excluding tert-OH is 1. The van der Waals surface area contributed by atoms with Crippen molar-refractivity contribution in [2.24, 2.45) is 56.2 Å². The fraction of sp³-hybridized carbons (Fsp3) is 0.829. The highest BCUT2D eigenvalue weighted by molar-refractivity contribution is 5.50. The van der Waals surface area contributed by atoms with Crippen LogP contribution in [0.3, 0.4) is 0 Å². The third-order valence-electron chi connectivity index (χ3n) is 14.8. The van der Waals surface area contributed by atoms with E-state index in [1.807, 2.05) is 12.1 Å². The van der Waals surface area contributed by atoms with E-state index in [9.17, 15) is 5.11 Å². The maximum atomic E-state index is 11.7. The van der Waals surface area contributed by atoms with Crippen molar-refractivity contribution in [2.75, 3.05) is 6.61 Å². The van der Waals surface area contributed by atoms with Crippen molar-refractivity contribution < 1.29 is 14.3 Å². The average molecular weight is 521 g/mol. The second kappa shape index (κ2) is 7.81. The summed E-state index contributed by atoms with van der Waals surface area (Å²) in [5.74, 6) is 3.63. The summed E-state index contributed by atoms with van der Waals surface area (Å²) >= 11 is 0. The third-order valence-corrected chi connectivity index (χ3v) is 14.8. The van der Waals surface area contributed by atoms with E-state index < -0.39 is 6.10 Å². The first kappa shape index (κ1) is 25.9. The Morgan fingerprint density at radius 2 is 1.63 bits per heavy atom. The highest BCUT2D eigenvalue weighted by Crippen LogP contribution is 2.78. The number of rotatable bonds is 1. The molecule has 6 fully saturated rings. The van der Waals surface area contributed by atoms with Crippen LogP contribution < -0.4 is 0 Å². The summed E-state index contributed by atoms with van der Waals surface area (Å²) in [5.41, 5.74) is 2.69. The topological polar surface area (TPSA) is 42.6 Å². The lowest BCUT2D eigenvalue weighted by molar-refractivity contribution is -0.245. The number of fused-ring (bicyclic) bond motifs is 5. The Hall–Kier alpha value is -1.06. The summed E-state index contributed by atoms with van der Waals surface area (Å²) in [6, 6.07) is 3.98. The molecule has 6 aliphatic rings. The van der Waals surface area contributed by atoms with Gasteiger partial charge in [0, 0.05) is 0 Å². The molecule has 1 N–H and O–H groups in total. The molecule has 0 radical (unpaired) electrons. The maximum absolute atomic E-state index is 11.7. The number of ether oxygens (including phenoxy) is 1. The molecule has 10 atom stereocenters. The van der Waals surface area contributed by atoms with Crippen LogP contribution in [0.15, 0.2) is 28.4 Å². The third kappa shape index (κ3) is 3.05. The maximum Gasteiger partial charge on any atom is 0.126 e. The van der Waals surface area contributed by atoms with Gasteiger partial charge in [-0.1, -0.05) is 48.5 Å². The molecule has 1 saturated heterocycles. The molecule has 2 heterocycles. The Labute approximate surface area is 231 Å². The zero-order chi connectivity index (χ0) is 26.9. The molecule has 1 aromatic heterocycles. The first-order valence-electron chi connectivity index (χ1n) is 15.8. The van der Waals surface area contributed by atoms with Crippen LogP contribution >= 0.6 is 0 Å². The summed E-state index contributed by atoms with van der Waals surface area (Å²) in [6.45, 7) is 18.7. The Bertz CT molecular complexity index is 1130. The van der Waals surface area contributed by atoms with E-state index in [0.29, 0.717) is 39.6 Å². The van der Waals surface area contributed by atoms with Gasteiger partial charge in [-0.25, -0.2) is 0 Å². The van der Waals surface area contributed by atoms with Gasteiger partial charge in [-0.3, -0.25) is 0 Å². The van der Waals surface area contributed by atoms with Gasteiger partial charge in [-0.2, -0.15) is 0 Å². The summed E-state index contributed by atoms with van der Waals surface area (Å²) in [6.07, 6.45) is 15.6. The average Bonchev–Trinajstić information content (AvgIpc) is 3.47. The number of furan rings is 1. The van der Waals surface area contributed by atoms with Gasteiger partial charge in [0.2, 0.25) is 0 Å². The lowest BCUT2D eigenvalue weighted by Gasteiger charge is -2.73. The molecular weight excluding hydrogens is 468 g/mol. The monoisotopic (exact) mass is 520 g/mol. The highest BCUT2D eigenvalue weighted by atomic mass is 16.5. The van der Waals surface area contributed by atoms with Gasteiger partial charge in [0.05, 0.1) is 25.1 Å². The van der Waals surface area contributed by atoms with E-state index >= 15 is 0 Å². The van der Waals surface area contributed by atoms with Crippen LogP contribution in [-0.2, 0) is 4.74 Å². The summed E-state index contributed by atoms with van der Waals surface area (Å²) in [4.78, 5) is 0. The largest absolute Gasteiger partial charge is 0.465 e. The number of hydrogen-bond acceptors (Lipinski definition) is 3. The van der Waals surface area contributed by atoms with Gasteiger partial charge in [0.15, 0.2) is 0 Å². The van der Waals surface area contributed by atoms with E-state index in [-0.39, 0.29) is 10.8 Å². The second-order valence-electron chi connectivity index (χ2n) is 16.9. The standard InChI is InChI=1S/C35H52O3/c1-30(2)14-16-35-17-15-33(6)24(27(35)29(30)38-21-35)10-11-26-32(5)20-22(19-23-9-8-18-37-23)28(36)31(3,4)25(32)12-13-34(26,33)7/h8-9,18-19,24-29,36H,10-17,20-21H2,1-7H3/b22-19+/t24?,25?,26?,27?,28-,29+,32-,33+,34+,35+/m0/s1. The molecule has 3 heteroatoms. The van der Waals surface area contributed by atoms with Crippen LogP contribution in [0.1, 0.15) is 112 Å². The highest BCUT2D eigenvalue weighted by Gasteiger charge is 2.73. The van der Waals surface area contributed by atoms with Crippen LogP contribution in [-0.4, -0.2) is 23.9 Å². The fourth-order valence-corrected chi connectivity index (χ4v) is 12.7. The molecular formula is C35H52O3. The van der Waals surface area contributed by atoms with Gasteiger partial charge >= 0.3 is 0 Å². The van der Waals surface area contributed by atoms with E-state index in [0.717, 1.165) is 30.6 Å². The molecule has 2 bridgehead atoms. The summed E-state index contributed by atoms with van der Waals surface area (Å²) in [7, 11) is 0. The van der Waals surface area contributed by atoms with Gasteiger partial charge in [-0.05, 0) is 138 Å². The van der Waals surface area contributed by atoms with E-state index in [1.54, 1.807) is 6.26 Å². The molecule has 5 aliphatic carbocycles. The molecule has 1 aliphatic heterocycles. The zero-order valence-corrected chi connectivity index (χ0v) is 25.1. The lowest BCUT2D eigenvalue weighted by atomic mass is 9.31. The second-order valence-corrected chi connectivity index (χ2v) is 16.9. The van der Waals surface area contributed by atoms with E-state index in [4.69, 9.17) is 9.15 Å². The van der Waals surface area contributed by atoms with Crippen LogP contribution in [0, 0.1) is 56.2 Å². The van der Waals surface area contributed by atoms with Gasteiger partial charge in [0.25, 0.3) is 0 Å². The van der Waals surface area contributed by atoms with Crippen LogP contribution in [0.2, 0.25) is 0 Å². The van der Waals surface area contributed by atoms with Crippen LogP contribution in [0.5, 0.6) is 0 Å². The Balaban J connectivity index is 1.28. The summed E-state index contributed by atoms with van der Waals surface area (Å²) in [5, 5.41) is 11.7. The SMILES string of the molecule is CC1(C)CC[C@]23CC[C@]4(C)C(CCC5[C@@]6(C)C/C(=C\c7ccco7)[C@H](O)C(C)(C)C6CC[C@]54C)C2[C@H]1OC3. The van der Waals surface area contributed by atoms with Crippen molar-refractivity contribution in [3.05, 3.63) is 29.7 Å². The van der Waals surface area contributed by atoms with Crippen molar-refractivity contribution in [3.8, 4) is 0 Å². The Morgan fingerprint density at radius 3 is 2.37 bits per heavy atom. The molecule has 5 saturated carbocycles. The molecule has 1 aromatic rings. The van der Waals surface area contributed by atoms with Crippen molar-refractivity contribution in [1.82, 2.24) is 0 Å². The van der Waals surface area contributed by atoms with Gasteiger partial charge in [-0.15, -0.1) is 0 Å². The number of hydrogen-bond donors (Lipinski definition) is 1. The fourth-order valence-electron chi connectivity index (χ4n) is 12.7. The van der Waals surface area contributed by atoms with Crippen molar-refractivity contribution in [2.45, 2.75) is 118 Å². The van der Waals surface area contributed by atoms with Gasteiger partial charge in [0.1, 0.15) is 5.76 Å². The molecule has 0 spiro atoms. The minimum Gasteiger partial charge on any atom is -0.465 e. The summed E-state index contributed by atoms with van der Waals surface area (Å²) < 4.78 is 12.5. The molecule has 7 rings (SSSR count). The lowest BCUT2D eigenvalue weighted by Crippen LogP contribution is -2.68.